The van der Waals surface area contributed by atoms with E-state index in [0.717, 1.165) is 35.1 Å². The third-order valence-electron chi connectivity index (χ3n) is 6.47. The Balaban J connectivity index is 1.39. The molecule has 0 amide bonds. The van der Waals surface area contributed by atoms with Crippen LogP contribution in [0.1, 0.15) is 29.2 Å². The van der Waals surface area contributed by atoms with Gasteiger partial charge < -0.3 is 24.1 Å². The molecule has 0 unspecified atom stereocenters. The van der Waals surface area contributed by atoms with Gasteiger partial charge in [0.15, 0.2) is 12.4 Å². The number of fused-ring (bicyclic) bond motifs is 5. The quantitative estimate of drug-likeness (QED) is 0.351. The monoisotopic (exact) mass is 509 g/mol. The normalized spacial score (nSPS) is 17.6. The number of ether oxygens (including phenoxy) is 4. The molecule has 1 atom stereocenters. The number of phenols is 1. The van der Waals surface area contributed by atoms with Gasteiger partial charge in [0.2, 0.25) is 0 Å². The van der Waals surface area contributed by atoms with E-state index >= 15 is 0 Å². The van der Waals surface area contributed by atoms with Crippen LogP contribution >= 0.6 is 0 Å². The maximum absolute atomic E-state index is 13.4. The van der Waals surface area contributed by atoms with Crippen molar-refractivity contribution in [2.24, 2.45) is 0 Å². The molecule has 37 heavy (non-hydrogen) atoms. The molecule has 1 N–H and O–H groups in total. The zero-order valence-corrected chi connectivity index (χ0v) is 19.5. The average molecular weight is 509 g/mol. The zero-order chi connectivity index (χ0) is 25.6. The number of rotatable bonds is 4. The van der Waals surface area contributed by atoms with Gasteiger partial charge in [-0.15, -0.1) is 0 Å². The van der Waals surface area contributed by atoms with Crippen LogP contribution in [0.15, 0.2) is 66.9 Å². The van der Waals surface area contributed by atoms with Gasteiger partial charge in [-0.05, 0) is 54.4 Å². The third-order valence-corrected chi connectivity index (χ3v) is 6.47. The molecular weight excluding hydrogens is 487 g/mol. The summed E-state index contributed by atoms with van der Waals surface area (Å²) in [6.07, 6.45) is -3.17. The lowest BCUT2D eigenvalue weighted by Gasteiger charge is -2.30. The fraction of sp³-hybridized carbons (Fsp3) is 0.250. The molecule has 0 saturated carbocycles. The number of aromatic nitrogens is 1. The van der Waals surface area contributed by atoms with Crippen molar-refractivity contribution in [1.29, 1.82) is 0 Å². The van der Waals surface area contributed by atoms with Gasteiger partial charge in [0.25, 0.3) is 0 Å². The Kier molecular flexibility index (Phi) is 5.89. The first-order valence-electron chi connectivity index (χ1n) is 11.8. The highest BCUT2D eigenvalue weighted by Crippen LogP contribution is 2.48. The molecule has 2 aliphatic heterocycles. The molecule has 6 nitrogen and oxygen atoms in total. The smallest absolute Gasteiger partial charge is 0.416 e. The minimum Gasteiger partial charge on any atom is -0.508 e. The maximum Gasteiger partial charge on any atom is 0.416 e. The van der Waals surface area contributed by atoms with E-state index in [1.54, 1.807) is 36.5 Å². The summed E-state index contributed by atoms with van der Waals surface area (Å²) in [5.74, 6) is 0.789. The topological polar surface area (TPSA) is 70.0 Å². The second kappa shape index (κ2) is 9.24. The van der Waals surface area contributed by atoms with Crippen LogP contribution < -0.4 is 9.47 Å². The van der Waals surface area contributed by atoms with E-state index in [4.69, 9.17) is 18.9 Å². The van der Waals surface area contributed by atoms with Crippen LogP contribution in [0.4, 0.5) is 13.2 Å². The summed E-state index contributed by atoms with van der Waals surface area (Å²) in [6.45, 7) is 1.50. The molecule has 1 saturated heterocycles. The van der Waals surface area contributed by atoms with Crippen LogP contribution in [0.2, 0.25) is 0 Å². The molecule has 1 aromatic heterocycles. The Morgan fingerprint density at radius 2 is 1.73 bits per heavy atom. The SMILES string of the molecule is Oc1ccc2c3c(cnc2c1)-c1ccc(C(F)(F)F)cc1O[C@@H]3c1ccc(OCC2OCCCO2)cc1. The maximum atomic E-state index is 13.4. The van der Waals surface area contributed by atoms with Gasteiger partial charge in [-0.3, -0.25) is 4.98 Å². The van der Waals surface area contributed by atoms with Crippen LogP contribution in [-0.2, 0) is 15.7 Å². The summed E-state index contributed by atoms with van der Waals surface area (Å²) in [6, 6.07) is 15.5. The molecule has 3 heterocycles. The van der Waals surface area contributed by atoms with Gasteiger partial charge in [-0.2, -0.15) is 13.2 Å². The predicted octanol–water partition coefficient (Wildman–Crippen LogP) is 6.25. The summed E-state index contributed by atoms with van der Waals surface area (Å²) < 4.78 is 63.4. The third kappa shape index (κ3) is 4.56. The van der Waals surface area contributed by atoms with E-state index in [1.807, 2.05) is 12.1 Å². The molecule has 3 aromatic carbocycles. The first-order valence-corrected chi connectivity index (χ1v) is 11.8. The van der Waals surface area contributed by atoms with E-state index in [2.05, 4.69) is 4.98 Å². The Bertz CT molecular complexity index is 1450. The van der Waals surface area contributed by atoms with Gasteiger partial charge in [-0.1, -0.05) is 12.1 Å². The molecule has 2 aliphatic rings. The number of nitrogens with zero attached hydrogens (tertiary/aromatic N) is 1. The fourth-order valence-corrected chi connectivity index (χ4v) is 4.68. The number of aromatic hydroxyl groups is 1. The van der Waals surface area contributed by atoms with Gasteiger partial charge in [0, 0.05) is 34.3 Å². The molecule has 0 aliphatic carbocycles. The van der Waals surface area contributed by atoms with Crippen molar-refractivity contribution in [3.63, 3.8) is 0 Å². The van der Waals surface area contributed by atoms with Crippen LogP contribution in [0.3, 0.4) is 0 Å². The van der Waals surface area contributed by atoms with Gasteiger partial charge in [0.05, 0.1) is 24.3 Å². The number of pyridine rings is 1. The lowest BCUT2D eigenvalue weighted by Crippen LogP contribution is -2.30. The van der Waals surface area contributed by atoms with Crippen LogP contribution in [0.5, 0.6) is 17.2 Å². The van der Waals surface area contributed by atoms with Crippen LogP contribution in [0, 0.1) is 0 Å². The van der Waals surface area contributed by atoms with Crippen LogP contribution in [0.25, 0.3) is 22.0 Å². The molecular formula is C28H22F3NO5. The second-order valence-corrected chi connectivity index (χ2v) is 8.90. The number of alkyl halides is 3. The summed E-state index contributed by atoms with van der Waals surface area (Å²) in [7, 11) is 0. The van der Waals surface area contributed by atoms with Crippen molar-refractivity contribution >= 4 is 10.9 Å². The first-order chi connectivity index (χ1) is 17.9. The summed E-state index contributed by atoms with van der Waals surface area (Å²) in [5.41, 5.74) is 2.44. The Labute approximate surface area is 210 Å². The highest BCUT2D eigenvalue weighted by molar-refractivity contribution is 5.92. The molecule has 1 fully saturated rings. The summed E-state index contributed by atoms with van der Waals surface area (Å²) >= 11 is 0. The van der Waals surface area contributed by atoms with Gasteiger partial charge in [-0.25, -0.2) is 0 Å². The van der Waals surface area contributed by atoms with E-state index in [0.29, 0.717) is 35.6 Å². The van der Waals surface area contributed by atoms with E-state index in [-0.39, 0.29) is 18.1 Å². The number of hydrogen-bond donors (Lipinski definition) is 1. The molecule has 0 spiro atoms. The summed E-state index contributed by atoms with van der Waals surface area (Å²) in [5, 5.41) is 10.7. The van der Waals surface area contributed by atoms with Crippen LogP contribution in [-0.4, -0.2) is 36.2 Å². The average Bonchev–Trinajstić information content (AvgIpc) is 2.91. The minimum absolute atomic E-state index is 0.0656. The highest BCUT2D eigenvalue weighted by atomic mass is 19.4. The number of hydrogen-bond acceptors (Lipinski definition) is 6. The molecule has 6 rings (SSSR count). The Morgan fingerprint density at radius 3 is 2.49 bits per heavy atom. The summed E-state index contributed by atoms with van der Waals surface area (Å²) in [4.78, 5) is 4.45. The van der Waals surface area contributed by atoms with Crippen molar-refractivity contribution in [2.45, 2.75) is 25.0 Å². The largest absolute Gasteiger partial charge is 0.508 e. The van der Waals surface area contributed by atoms with E-state index in [1.165, 1.54) is 6.07 Å². The van der Waals surface area contributed by atoms with Crippen molar-refractivity contribution < 1.29 is 37.2 Å². The fourth-order valence-electron chi connectivity index (χ4n) is 4.68. The predicted molar refractivity (Wildman–Crippen MR) is 129 cm³/mol. The Hall–Kier alpha value is -3.82. The van der Waals surface area contributed by atoms with Gasteiger partial charge >= 0.3 is 6.18 Å². The van der Waals surface area contributed by atoms with Crippen molar-refractivity contribution in [3.8, 4) is 28.4 Å². The number of benzene rings is 3. The molecule has 190 valence electrons. The minimum atomic E-state index is -4.50. The molecule has 9 heteroatoms. The Morgan fingerprint density at radius 1 is 0.946 bits per heavy atom. The van der Waals surface area contributed by atoms with Crippen molar-refractivity contribution in [3.05, 3.63) is 83.6 Å². The number of phenolic OH excluding ortho intramolecular Hbond substituents is 1. The van der Waals surface area contributed by atoms with E-state index < -0.39 is 24.1 Å². The number of halogens is 3. The van der Waals surface area contributed by atoms with Gasteiger partial charge in [0.1, 0.15) is 23.9 Å². The molecule has 0 radical (unpaired) electrons. The lowest BCUT2D eigenvalue weighted by molar-refractivity contribution is -0.191. The van der Waals surface area contributed by atoms with Crippen molar-refractivity contribution in [1.82, 2.24) is 4.98 Å². The molecule has 0 bridgehead atoms. The van der Waals surface area contributed by atoms with E-state index in [9.17, 15) is 18.3 Å². The second-order valence-electron chi connectivity index (χ2n) is 8.90. The first kappa shape index (κ1) is 23.6. The highest BCUT2D eigenvalue weighted by Gasteiger charge is 2.35. The standard InChI is InChI=1S/C28H22F3NO5/c29-28(30,31)17-4-8-20-22-14-32-23-13-18(33)5-9-21(23)26(22)27(37-24(20)12-17)16-2-6-19(7-3-16)36-15-25-34-10-1-11-35-25/h2-9,12-14,25,27,33H,1,10-11,15H2/t27-/m1/s1. The molecule has 4 aromatic rings. The zero-order valence-electron chi connectivity index (χ0n) is 19.5. The van der Waals surface area contributed by atoms with Crippen molar-refractivity contribution in [2.75, 3.05) is 19.8 Å². The lowest BCUT2D eigenvalue weighted by atomic mass is 9.87.